The average Bonchev–Trinajstić information content (AvgIpc) is 3.35. The Morgan fingerprint density at radius 3 is 2.48 bits per heavy atom. The van der Waals surface area contributed by atoms with E-state index in [9.17, 15) is 9.90 Å². The normalized spacial score (nSPS) is 19.4. The predicted octanol–water partition coefficient (Wildman–Crippen LogP) is 5.12. The molecule has 2 rings (SSSR count). The molecular weight excluding hydrogens is 555 g/mol. The Kier molecular flexibility index (Phi) is 16.2. The summed E-state index contributed by atoms with van der Waals surface area (Å²) < 4.78 is 22.1. The molecule has 12 heteroatoms. The van der Waals surface area contributed by atoms with Crippen LogP contribution in [0.3, 0.4) is 0 Å². The minimum atomic E-state index is -1.55. The van der Waals surface area contributed by atoms with Crippen LogP contribution in [-0.4, -0.2) is 81.2 Å². The Bertz CT molecular complexity index is 1130. The lowest BCUT2D eigenvalue weighted by atomic mass is 10.2. The highest BCUT2D eigenvalue weighted by molar-refractivity contribution is 7.44. The van der Waals surface area contributed by atoms with E-state index in [2.05, 4.69) is 79.0 Å². The van der Waals surface area contributed by atoms with Crippen molar-refractivity contribution in [1.29, 1.82) is 5.26 Å². The molecule has 0 aliphatic carbocycles. The lowest BCUT2D eigenvalue weighted by Gasteiger charge is -2.37. The number of nitriles is 1. The Labute approximate surface area is 252 Å². The fourth-order valence-electron chi connectivity index (χ4n) is 4.63. The van der Waals surface area contributed by atoms with Crippen LogP contribution in [-0.2, 0) is 13.8 Å². The average molecular weight is 605 g/mol. The van der Waals surface area contributed by atoms with E-state index in [1.165, 1.54) is 4.57 Å². The van der Waals surface area contributed by atoms with E-state index in [1.54, 1.807) is 19.5 Å². The molecule has 1 aromatic heterocycles. The summed E-state index contributed by atoms with van der Waals surface area (Å²) in [6, 6.07) is 2.35. The first-order valence-corrected chi connectivity index (χ1v) is 16.2. The number of aromatic nitrogens is 2. The smallest absolute Gasteiger partial charge is 0.351 e. The maximum atomic E-state index is 13.2. The molecule has 1 aromatic rings. The van der Waals surface area contributed by atoms with Crippen molar-refractivity contribution in [3.05, 3.63) is 22.2 Å². The molecule has 234 valence electrons. The van der Waals surface area contributed by atoms with Crippen molar-refractivity contribution in [3.63, 3.8) is 0 Å². The lowest BCUT2D eigenvalue weighted by molar-refractivity contribution is -0.0438. The van der Waals surface area contributed by atoms with E-state index in [0.717, 1.165) is 38.8 Å². The Morgan fingerprint density at radius 1 is 1.26 bits per heavy atom. The third kappa shape index (κ3) is 10.7. The molecular formula is C30H49N6O5P. The molecule has 1 saturated heterocycles. The lowest BCUT2D eigenvalue weighted by Crippen LogP contribution is -2.36. The van der Waals surface area contributed by atoms with Crippen LogP contribution in [0, 0.1) is 23.2 Å². The Hall–Kier alpha value is -2.37. The third-order valence-electron chi connectivity index (χ3n) is 6.69. The van der Waals surface area contributed by atoms with Crippen molar-refractivity contribution in [1.82, 2.24) is 19.1 Å². The molecule has 4 atom stereocenters. The Morgan fingerprint density at radius 2 is 1.93 bits per heavy atom. The summed E-state index contributed by atoms with van der Waals surface area (Å²) in [5.41, 5.74) is -0.000917. The number of ether oxygens (including phenoxy) is 1. The summed E-state index contributed by atoms with van der Waals surface area (Å²) in [7, 11) is -1.55. The fraction of sp³-hybridized carbons (Fsp3) is 0.733. The van der Waals surface area contributed by atoms with Crippen molar-refractivity contribution >= 4 is 20.7 Å². The van der Waals surface area contributed by atoms with Gasteiger partial charge in [-0.2, -0.15) is 10.2 Å². The molecule has 2 heterocycles. The van der Waals surface area contributed by atoms with Crippen molar-refractivity contribution in [2.75, 3.05) is 26.3 Å². The van der Waals surface area contributed by atoms with E-state index in [1.807, 2.05) is 0 Å². The summed E-state index contributed by atoms with van der Waals surface area (Å²) in [6.45, 7) is 16.0. The van der Waals surface area contributed by atoms with Gasteiger partial charge in [-0.3, -0.25) is 4.57 Å². The summed E-state index contributed by atoms with van der Waals surface area (Å²) in [5.74, 6) is 6.18. The fourth-order valence-corrected chi connectivity index (χ4v) is 6.39. The second-order valence-corrected chi connectivity index (χ2v) is 12.2. The van der Waals surface area contributed by atoms with Crippen LogP contribution in [0.5, 0.6) is 0 Å². The van der Waals surface area contributed by atoms with E-state index in [0.29, 0.717) is 12.0 Å². The molecule has 1 aliphatic heterocycles. The maximum Gasteiger partial charge on any atom is 0.351 e. The zero-order valence-corrected chi connectivity index (χ0v) is 27.2. The van der Waals surface area contributed by atoms with Gasteiger partial charge in [0, 0.05) is 37.8 Å². The number of aliphatic imine (C=N–C) groups is 1. The SMILES string of the molecule is CC#Cc1cn([C@H]2C[C@H](OP(OCCC#N)N(C(C)C)C(C)C)[C@@H](CO)O2)c(=O)nc1N=CN(CCCC)CCCC. The first kappa shape index (κ1) is 35.8. The van der Waals surface area contributed by atoms with Gasteiger partial charge in [-0.25, -0.2) is 14.5 Å². The van der Waals surface area contributed by atoms with E-state index in [-0.39, 0.29) is 37.5 Å². The first-order valence-electron chi connectivity index (χ1n) is 15.1. The zero-order valence-electron chi connectivity index (χ0n) is 26.3. The van der Waals surface area contributed by atoms with Crippen LogP contribution in [0.25, 0.3) is 0 Å². The van der Waals surface area contributed by atoms with Gasteiger partial charge in [0.2, 0.25) is 0 Å². The number of aliphatic hydroxyl groups is 1. The van der Waals surface area contributed by atoms with Gasteiger partial charge in [0.05, 0.1) is 43.7 Å². The quantitative estimate of drug-likeness (QED) is 0.0799. The van der Waals surface area contributed by atoms with Crippen LogP contribution >= 0.6 is 8.53 Å². The number of rotatable bonds is 18. The molecule has 1 N–H and O–H groups in total. The van der Waals surface area contributed by atoms with Gasteiger partial charge in [-0.15, -0.1) is 5.92 Å². The highest BCUT2D eigenvalue weighted by Crippen LogP contribution is 2.49. The zero-order chi connectivity index (χ0) is 31.1. The summed E-state index contributed by atoms with van der Waals surface area (Å²) >= 11 is 0. The van der Waals surface area contributed by atoms with Crippen LogP contribution < -0.4 is 5.69 Å². The van der Waals surface area contributed by atoms with Gasteiger partial charge < -0.3 is 23.8 Å². The topological polar surface area (TPSA) is 125 Å². The second kappa shape index (κ2) is 19.0. The van der Waals surface area contributed by atoms with E-state index < -0.39 is 32.7 Å². The van der Waals surface area contributed by atoms with Crippen LogP contribution in [0.4, 0.5) is 5.82 Å². The predicted molar refractivity (Wildman–Crippen MR) is 166 cm³/mol. The monoisotopic (exact) mass is 604 g/mol. The highest BCUT2D eigenvalue weighted by Gasteiger charge is 2.41. The molecule has 1 unspecified atom stereocenters. The molecule has 0 spiro atoms. The standard InChI is InChI=1S/C30H49N6O5P/c1-8-11-16-34(17-12-9-2)22-32-29-25(14-10-3)20-35(30(38)33-29)28-19-26(27(21-37)40-28)41-42(39-18-13-15-31)36(23(4)5)24(6)7/h20,22-24,26-28,37H,8-9,11-13,16-19,21H2,1-7H3/t26-,27+,28+,42?/m0/s1. The number of hydrogen-bond donors (Lipinski definition) is 1. The van der Waals surface area contributed by atoms with Crippen LogP contribution in [0.2, 0.25) is 0 Å². The number of hydrogen-bond acceptors (Lipinski definition) is 9. The van der Waals surface area contributed by atoms with Gasteiger partial charge in [0.25, 0.3) is 8.53 Å². The second-order valence-electron chi connectivity index (χ2n) is 10.8. The maximum absolute atomic E-state index is 13.2. The first-order chi connectivity index (χ1) is 20.2. The summed E-state index contributed by atoms with van der Waals surface area (Å²) in [5, 5.41) is 19.1. The van der Waals surface area contributed by atoms with Crippen LogP contribution in [0.15, 0.2) is 16.0 Å². The van der Waals surface area contributed by atoms with E-state index >= 15 is 0 Å². The van der Waals surface area contributed by atoms with Gasteiger partial charge in [0.15, 0.2) is 5.82 Å². The summed E-state index contributed by atoms with van der Waals surface area (Å²) in [6.07, 6.45) is 6.29. The minimum absolute atomic E-state index is 0.124. The Balaban J connectivity index is 2.34. The third-order valence-corrected chi connectivity index (χ3v) is 8.85. The summed E-state index contributed by atoms with van der Waals surface area (Å²) in [4.78, 5) is 24.2. The molecule has 1 aliphatic rings. The van der Waals surface area contributed by atoms with Crippen molar-refractivity contribution < 1.29 is 18.9 Å². The van der Waals surface area contributed by atoms with Gasteiger partial charge in [-0.1, -0.05) is 32.6 Å². The molecule has 1 fully saturated rings. The molecule has 0 saturated carbocycles. The largest absolute Gasteiger partial charge is 0.394 e. The van der Waals surface area contributed by atoms with Crippen LogP contribution in [0.1, 0.15) is 98.8 Å². The molecule has 0 amide bonds. The minimum Gasteiger partial charge on any atom is -0.394 e. The molecule has 42 heavy (non-hydrogen) atoms. The van der Waals surface area contributed by atoms with Gasteiger partial charge in [0.1, 0.15) is 12.3 Å². The molecule has 0 aromatic carbocycles. The van der Waals surface area contributed by atoms with Gasteiger partial charge in [-0.05, 0) is 47.5 Å². The van der Waals surface area contributed by atoms with E-state index in [4.69, 9.17) is 19.0 Å². The number of aliphatic hydroxyl groups excluding tert-OH is 1. The highest BCUT2D eigenvalue weighted by atomic mass is 31.2. The van der Waals surface area contributed by atoms with Crippen molar-refractivity contribution in [2.24, 2.45) is 4.99 Å². The molecule has 0 radical (unpaired) electrons. The van der Waals surface area contributed by atoms with Gasteiger partial charge >= 0.3 is 5.69 Å². The molecule has 0 bridgehead atoms. The number of unbranched alkanes of at least 4 members (excludes halogenated alkanes) is 2. The molecule has 11 nitrogen and oxygen atoms in total. The van der Waals surface area contributed by atoms with Crippen molar-refractivity contribution in [3.8, 4) is 17.9 Å². The number of nitrogens with zero attached hydrogens (tertiary/aromatic N) is 6. The van der Waals surface area contributed by atoms with Crippen molar-refractivity contribution in [2.45, 2.75) is 118 Å².